The van der Waals surface area contributed by atoms with Crippen LogP contribution in [0, 0.1) is 0 Å². The van der Waals surface area contributed by atoms with Gasteiger partial charge in [-0.05, 0) is 30.1 Å². The second kappa shape index (κ2) is 7.58. The highest BCUT2D eigenvalue weighted by atomic mass is 35.5. The summed E-state index contributed by atoms with van der Waals surface area (Å²) in [6.07, 6.45) is 2.68. The predicted octanol–water partition coefficient (Wildman–Crippen LogP) is 2.04. The van der Waals surface area contributed by atoms with E-state index in [4.69, 9.17) is 17.3 Å². The Bertz CT molecular complexity index is 373. The van der Waals surface area contributed by atoms with Gasteiger partial charge in [0.15, 0.2) is 0 Å². The molecule has 3 nitrogen and oxygen atoms in total. The molecule has 1 aromatic carbocycles. The zero-order valence-corrected chi connectivity index (χ0v) is 11.4. The van der Waals surface area contributed by atoms with Crippen LogP contribution in [0.5, 0.6) is 0 Å². The van der Waals surface area contributed by atoms with Crippen molar-refractivity contribution in [3.05, 3.63) is 34.9 Å². The van der Waals surface area contributed by atoms with Gasteiger partial charge in [0.05, 0.1) is 6.04 Å². The van der Waals surface area contributed by atoms with Crippen LogP contribution in [0.2, 0.25) is 5.02 Å². The normalized spacial score (nSPS) is 12.2. The molecule has 3 N–H and O–H groups in total. The van der Waals surface area contributed by atoms with E-state index in [1.54, 1.807) is 17.8 Å². The molecule has 0 spiro atoms. The Hall–Kier alpha value is -0.710. The second-order valence-corrected chi connectivity index (χ2v) is 5.09. The Morgan fingerprint density at radius 1 is 1.53 bits per heavy atom. The van der Waals surface area contributed by atoms with Crippen LogP contribution in [0.4, 0.5) is 0 Å². The molecule has 0 fully saturated rings. The minimum atomic E-state index is -0.440. The third-order valence-electron chi connectivity index (χ3n) is 2.38. The van der Waals surface area contributed by atoms with Gasteiger partial charge in [0.2, 0.25) is 5.91 Å². The highest BCUT2D eigenvalue weighted by Gasteiger charge is 2.12. The zero-order chi connectivity index (χ0) is 12.7. The zero-order valence-electron chi connectivity index (χ0n) is 9.78. The van der Waals surface area contributed by atoms with E-state index < -0.39 is 6.04 Å². The molecule has 17 heavy (non-hydrogen) atoms. The van der Waals surface area contributed by atoms with Crippen LogP contribution in [-0.2, 0) is 11.3 Å². The molecule has 0 aliphatic heterocycles. The van der Waals surface area contributed by atoms with Crippen molar-refractivity contribution in [2.24, 2.45) is 5.73 Å². The predicted molar refractivity (Wildman–Crippen MR) is 74.3 cm³/mol. The van der Waals surface area contributed by atoms with E-state index in [-0.39, 0.29) is 5.91 Å². The Balaban J connectivity index is 2.40. The Morgan fingerprint density at radius 3 is 2.88 bits per heavy atom. The molecule has 94 valence electrons. The molecule has 0 aromatic heterocycles. The van der Waals surface area contributed by atoms with E-state index >= 15 is 0 Å². The van der Waals surface area contributed by atoms with Crippen molar-refractivity contribution in [3.63, 3.8) is 0 Å². The first-order chi connectivity index (χ1) is 8.15. The van der Waals surface area contributed by atoms with E-state index in [0.717, 1.165) is 11.3 Å². The van der Waals surface area contributed by atoms with Gasteiger partial charge < -0.3 is 11.1 Å². The number of thioether (sulfide) groups is 1. The largest absolute Gasteiger partial charge is 0.351 e. The SMILES string of the molecule is CSCCC(N)C(=O)NCc1ccccc1Cl. The van der Waals surface area contributed by atoms with Gasteiger partial charge in [-0.3, -0.25) is 4.79 Å². The maximum atomic E-state index is 11.6. The lowest BCUT2D eigenvalue weighted by Crippen LogP contribution is -2.40. The van der Waals surface area contributed by atoms with Crippen molar-refractivity contribution in [3.8, 4) is 0 Å². The van der Waals surface area contributed by atoms with Crippen LogP contribution >= 0.6 is 23.4 Å². The standard InChI is InChI=1S/C12H17ClN2OS/c1-17-7-6-11(14)12(16)15-8-9-4-2-3-5-10(9)13/h2-5,11H,6-8,14H2,1H3,(H,15,16). The molecule has 0 saturated heterocycles. The fraction of sp³-hybridized carbons (Fsp3) is 0.417. The quantitative estimate of drug-likeness (QED) is 0.833. The van der Waals surface area contributed by atoms with Gasteiger partial charge in [-0.1, -0.05) is 29.8 Å². The summed E-state index contributed by atoms with van der Waals surface area (Å²) in [4.78, 5) is 11.6. The number of carbonyl (C=O) groups excluding carboxylic acids is 1. The van der Waals surface area contributed by atoms with Crippen LogP contribution in [0.3, 0.4) is 0 Å². The maximum absolute atomic E-state index is 11.6. The number of nitrogens with one attached hydrogen (secondary N) is 1. The molecule has 0 saturated carbocycles. The molecule has 1 amide bonds. The van der Waals surface area contributed by atoms with Crippen molar-refractivity contribution in [2.45, 2.75) is 19.0 Å². The first-order valence-corrected chi connectivity index (χ1v) is 7.18. The molecule has 1 aromatic rings. The number of carbonyl (C=O) groups is 1. The van der Waals surface area contributed by atoms with Crippen molar-refractivity contribution in [1.82, 2.24) is 5.32 Å². The van der Waals surface area contributed by atoms with E-state index in [0.29, 0.717) is 18.0 Å². The van der Waals surface area contributed by atoms with Crippen molar-refractivity contribution in [1.29, 1.82) is 0 Å². The number of halogens is 1. The van der Waals surface area contributed by atoms with Crippen LogP contribution in [0.25, 0.3) is 0 Å². The first kappa shape index (κ1) is 14.4. The number of rotatable bonds is 6. The van der Waals surface area contributed by atoms with Crippen LogP contribution in [-0.4, -0.2) is 24.0 Å². The van der Waals surface area contributed by atoms with E-state index in [1.807, 2.05) is 24.5 Å². The minimum Gasteiger partial charge on any atom is -0.351 e. The van der Waals surface area contributed by atoms with Crippen LogP contribution in [0.1, 0.15) is 12.0 Å². The third kappa shape index (κ3) is 4.98. The van der Waals surface area contributed by atoms with Gasteiger partial charge in [0.1, 0.15) is 0 Å². The molecule has 0 radical (unpaired) electrons. The van der Waals surface area contributed by atoms with Crippen molar-refractivity contribution >= 4 is 29.3 Å². The number of benzene rings is 1. The maximum Gasteiger partial charge on any atom is 0.237 e. The number of nitrogens with two attached hydrogens (primary N) is 1. The lowest BCUT2D eigenvalue weighted by Gasteiger charge is -2.12. The fourth-order valence-electron chi connectivity index (χ4n) is 1.33. The van der Waals surface area contributed by atoms with E-state index in [1.165, 1.54) is 0 Å². The lowest BCUT2D eigenvalue weighted by atomic mass is 10.2. The highest BCUT2D eigenvalue weighted by Crippen LogP contribution is 2.14. The van der Waals surface area contributed by atoms with Gasteiger partial charge in [0, 0.05) is 11.6 Å². The van der Waals surface area contributed by atoms with Crippen molar-refractivity contribution in [2.75, 3.05) is 12.0 Å². The summed E-state index contributed by atoms with van der Waals surface area (Å²) in [7, 11) is 0. The molecule has 1 atom stereocenters. The molecule has 1 rings (SSSR count). The summed E-state index contributed by atoms with van der Waals surface area (Å²) < 4.78 is 0. The van der Waals surface area contributed by atoms with Gasteiger partial charge >= 0.3 is 0 Å². The summed E-state index contributed by atoms with van der Waals surface area (Å²) >= 11 is 7.67. The minimum absolute atomic E-state index is 0.126. The Morgan fingerprint density at radius 2 is 2.24 bits per heavy atom. The fourth-order valence-corrected chi connectivity index (χ4v) is 2.02. The summed E-state index contributed by atoms with van der Waals surface area (Å²) in [6.45, 7) is 0.422. The molecule has 0 aliphatic carbocycles. The first-order valence-electron chi connectivity index (χ1n) is 5.40. The monoisotopic (exact) mass is 272 g/mol. The van der Waals surface area contributed by atoms with Crippen molar-refractivity contribution < 1.29 is 4.79 Å². The molecule has 0 bridgehead atoms. The van der Waals surface area contributed by atoms with Gasteiger partial charge in [-0.25, -0.2) is 0 Å². The molecular weight excluding hydrogens is 256 g/mol. The molecule has 0 heterocycles. The Kier molecular flexibility index (Phi) is 6.40. The summed E-state index contributed by atoms with van der Waals surface area (Å²) in [6, 6.07) is 7.00. The molecule has 1 unspecified atom stereocenters. The Labute approximate surface area is 111 Å². The molecule has 0 aliphatic rings. The van der Waals surface area contributed by atoms with E-state index in [9.17, 15) is 4.79 Å². The number of amides is 1. The molecular formula is C12H17ClN2OS. The summed E-state index contributed by atoms with van der Waals surface area (Å²) in [5.41, 5.74) is 6.65. The number of hydrogen-bond acceptors (Lipinski definition) is 3. The summed E-state index contributed by atoms with van der Waals surface area (Å²) in [5, 5.41) is 3.45. The van der Waals surface area contributed by atoms with Crippen LogP contribution in [0.15, 0.2) is 24.3 Å². The highest BCUT2D eigenvalue weighted by molar-refractivity contribution is 7.98. The van der Waals surface area contributed by atoms with Gasteiger partial charge in [0.25, 0.3) is 0 Å². The smallest absolute Gasteiger partial charge is 0.237 e. The third-order valence-corrected chi connectivity index (χ3v) is 3.39. The average molecular weight is 273 g/mol. The van der Waals surface area contributed by atoms with E-state index in [2.05, 4.69) is 5.32 Å². The number of hydrogen-bond donors (Lipinski definition) is 2. The lowest BCUT2D eigenvalue weighted by molar-refractivity contribution is -0.122. The topological polar surface area (TPSA) is 55.1 Å². The second-order valence-electron chi connectivity index (χ2n) is 3.70. The summed E-state index contributed by atoms with van der Waals surface area (Å²) in [5.74, 6) is 0.764. The van der Waals surface area contributed by atoms with Gasteiger partial charge in [-0.15, -0.1) is 0 Å². The van der Waals surface area contributed by atoms with Crippen LogP contribution < -0.4 is 11.1 Å². The van der Waals surface area contributed by atoms with Gasteiger partial charge in [-0.2, -0.15) is 11.8 Å². The molecule has 5 heteroatoms. The average Bonchev–Trinajstić information content (AvgIpc) is 2.34.